The fourth-order valence-corrected chi connectivity index (χ4v) is 3.25. The minimum atomic E-state index is -0.267. The molecular formula is C15H23NO2. The number of rotatable bonds is 2. The van der Waals surface area contributed by atoms with Crippen molar-refractivity contribution >= 4 is 0 Å². The van der Waals surface area contributed by atoms with Crippen LogP contribution in [0.1, 0.15) is 44.8 Å². The second-order valence-electron chi connectivity index (χ2n) is 5.82. The maximum Gasteiger partial charge on any atom is 0.250 e. The Balaban J connectivity index is 2.41. The fraction of sp³-hybridized carbons (Fsp3) is 0.667. The summed E-state index contributed by atoms with van der Waals surface area (Å²) in [4.78, 5) is 12.1. The Morgan fingerprint density at radius 3 is 2.67 bits per heavy atom. The number of aryl methyl sites for hydroxylation is 1. The summed E-state index contributed by atoms with van der Waals surface area (Å²) in [5.74, 6) is 1.02. The van der Waals surface area contributed by atoms with E-state index in [9.17, 15) is 9.90 Å². The van der Waals surface area contributed by atoms with Crippen LogP contribution in [0.4, 0.5) is 0 Å². The molecule has 1 aromatic heterocycles. The summed E-state index contributed by atoms with van der Waals surface area (Å²) in [5.41, 5.74) is 1.05. The lowest BCUT2D eigenvalue weighted by Gasteiger charge is -2.38. The highest BCUT2D eigenvalue weighted by molar-refractivity contribution is 5.07. The predicted octanol–water partition coefficient (Wildman–Crippen LogP) is 2.51. The van der Waals surface area contributed by atoms with Crippen molar-refractivity contribution in [1.82, 2.24) is 4.57 Å². The third-order valence-electron chi connectivity index (χ3n) is 4.22. The van der Waals surface area contributed by atoms with E-state index in [1.807, 2.05) is 17.6 Å². The standard InChI is InChI=1S/C15H23NO2/c1-10(2)13-8-7-12(17)9-14(13)16-11(3)5-4-6-15(16)18/h4-6,10,12-14,17H,7-9H2,1-3H3. The molecule has 100 valence electrons. The Hall–Kier alpha value is -1.09. The molecule has 1 fully saturated rings. The number of aromatic nitrogens is 1. The Morgan fingerprint density at radius 1 is 1.33 bits per heavy atom. The summed E-state index contributed by atoms with van der Waals surface area (Å²) >= 11 is 0. The lowest BCUT2D eigenvalue weighted by atomic mass is 9.76. The van der Waals surface area contributed by atoms with Gasteiger partial charge in [-0.3, -0.25) is 4.79 Å². The quantitative estimate of drug-likeness (QED) is 0.875. The van der Waals surface area contributed by atoms with Gasteiger partial charge in [-0.25, -0.2) is 0 Å². The van der Waals surface area contributed by atoms with Gasteiger partial charge in [-0.15, -0.1) is 0 Å². The smallest absolute Gasteiger partial charge is 0.250 e. The van der Waals surface area contributed by atoms with Crippen LogP contribution in [0, 0.1) is 18.8 Å². The van der Waals surface area contributed by atoms with Crippen LogP contribution < -0.4 is 5.56 Å². The first-order valence-corrected chi connectivity index (χ1v) is 6.87. The number of pyridine rings is 1. The van der Waals surface area contributed by atoms with Gasteiger partial charge in [0.2, 0.25) is 0 Å². The molecule has 0 aromatic carbocycles. The van der Waals surface area contributed by atoms with Gasteiger partial charge in [0.1, 0.15) is 0 Å². The second-order valence-corrected chi connectivity index (χ2v) is 5.82. The average molecular weight is 249 g/mol. The third kappa shape index (κ3) is 2.51. The molecule has 1 heterocycles. The molecule has 1 aromatic rings. The molecule has 0 saturated heterocycles. The van der Waals surface area contributed by atoms with Crippen LogP contribution in [0.3, 0.4) is 0 Å². The molecule has 1 saturated carbocycles. The maximum atomic E-state index is 12.1. The molecule has 3 atom stereocenters. The van der Waals surface area contributed by atoms with Crippen molar-refractivity contribution in [3.63, 3.8) is 0 Å². The van der Waals surface area contributed by atoms with E-state index in [-0.39, 0.29) is 17.7 Å². The number of nitrogens with zero attached hydrogens (tertiary/aromatic N) is 1. The van der Waals surface area contributed by atoms with Crippen molar-refractivity contribution in [3.8, 4) is 0 Å². The molecule has 3 unspecified atom stereocenters. The number of hydrogen-bond acceptors (Lipinski definition) is 2. The summed E-state index contributed by atoms with van der Waals surface area (Å²) in [7, 11) is 0. The van der Waals surface area contributed by atoms with Gasteiger partial charge in [-0.05, 0) is 44.1 Å². The first kappa shape index (κ1) is 13.3. The first-order chi connectivity index (χ1) is 8.50. The maximum absolute atomic E-state index is 12.1. The molecule has 18 heavy (non-hydrogen) atoms. The Kier molecular flexibility index (Phi) is 3.91. The highest BCUT2D eigenvalue weighted by Gasteiger charge is 2.33. The summed E-state index contributed by atoms with van der Waals surface area (Å²) < 4.78 is 1.88. The molecule has 0 radical (unpaired) electrons. The molecule has 1 aliphatic carbocycles. The van der Waals surface area contributed by atoms with Crippen molar-refractivity contribution in [2.45, 2.75) is 52.2 Å². The molecule has 1 aliphatic rings. The van der Waals surface area contributed by atoms with Gasteiger partial charge >= 0.3 is 0 Å². The zero-order valence-electron chi connectivity index (χ0n) is 11.5. The van der Waals surface area contributed by atoms with Gasteiger partial charge in [0.05, 0.1) is 6.10 Å². The van der Waals surface area contributed by atoms with Crippen molar-refractivity contribution in [1.29, 1.82) is 0 Å². The zero-order chi connectivity index (χ0) is 13.3. The van der Waals surface area contributed by atoms with E-state index in [1.165, 1.54) is 0 Å². The van der Waals surface area contributed by atoms with Crippen LogP contribution in [0.5, 0.6) is 0 Å². The van der Waals surface area contributed by atoms with Gasteiger partial charge < -0.3 is 9.67 Å². The van der Waals surface area contributed by atoms with Crippen LogP contribution in [0.2, 0.25) is 0 Å². The van der Waals surface area contributed by atoms with Crippen LogP contribution in [0.15, 0.2) is 23.0 Å². The van der Waals surface area contributed by atoms with Crippen LogP contribution >= 0.6 is 0 Å². The third-order valence-corrected chi connectivity index (χ3v) is 4.22. The van der Waals surface area contributed by atoms with Crippen LogP contribution in [-0.4, -0.2) is 15.8 Å². The van der Waals surface area contributed by atoms with E-state index in [0.29, 0.717) is 18.3 Å². The molecule has 0 spiro atoms. The highest BCUT2D eigenvalue weighted by Crippen LogP contribution is 2.38. The van der Waals surface area contributed by atoms with Crippen molar-refractivity contribution < 1.29 is 5.11 Å². The van der Waals surface area contributed by atoms with E-state index in [4.69, 9.17) is 0 Å². The summed E-state index contributed by atoms with van der Waals surface area (Å²) in [6.07, 6.45) is 2.30. The average Bonchev–Trinajstić information content (AvgIpc) is 2.28. The molecule has 2 rings (SSSR count). The van der Waals surface area contributed by atoms with Crippen molar-refractivity contribution in [3.05, 3.63) is 34.2 Å². The van der Waals surface area contributed by atoms with E-state index < -0.39 is 0 Å². The SMILES string of the molecule is Cc1cccc(=O)n1C1CC(O)CCC1C(C)C. The first-order valence-electron chi connectivity index (χ1n) is 6.87. The Bertz CT molecular complexity index is 464. The van der Waals surface area contributed by atoms with Gasteiger partial charge in [-0.2, -0.15) is 0 Å². The molecule has 1 N–H and O–H groups in total. The van der Waals surface area contributed by atoms with Gasteiger partial charge in [0.15, 0.2) is 0 Å². The normalized spacial score (nSPS) is 28.6. The molecule has 0 bridgehead atoms. The van der Waals surface area contributed by atoms with Gasteiger partial charge in [0, 0.05) is 17.8 Å². The summed E-state index contributed by atoms with van der Waals surface area (Å²) in [6, 6.07) is 5.53. The Labute approximate surface area is 108 Å². The van der Waals surface area contributed by atoms with E-state index in [1.54, 1.807) is 12.1 Å². The molecular weight excluding hydrogens is 226 g/mol. The van der Waals surface area contributed by atoms with E-state index in [2.05, 4.69) is 13.8 Å². The van der Waals surface area contributed by atoms with E-state index in [0.717, 1.165) is 18.5 Å². The van der Waals surface area contributed by atoms with Gasteiger partial charge in [0.25, 0.3) is 5.56 Å². The molecule has 3 heteroatoms. The largest absolute Gasteiger partial charge is 0.393 e. The molecule has 0 aliphatic heterocycles. The lowest BCUT2D eigenvalue weighted by Crippen LogP contribution is -2.38. The van der Waals surface area contributed by atoms with Crippen LogP contribution in [0.25, 0.3) is 0 Å². The van der Waals surface area contributed by atoms with Crippen molar-refractivity contribution in [2.24, 2.45) is 11.8 Å². The minimum Gasteiger partial charge on any atom is -0.393 e. The second kappa shape index (κ2) is 5.27. The Morgan fingerprint density at radius 2 is 2.06 bits per heavy atom. The summed E-state index contributed by atoms with van der Waals surface area (Å²) in [6.45, 7) is 6.39. The number of hydrogen-bond donors (Lipinski definition) is 1. The molecule has 0 amide bonds. The van der Waals surface area contributed by atoms with E-state index >= 15 is 0 Å². The minimum absolute atomic E-state index is 0.0553. The highest BCUT2D eigenvalue weighted by atomic mass is 16.3. The molecule has 3 nitrogen and oxygen atoms in total. The predicted molar refractivity (Wildman–Crippen MR) is 72.7 cm³/mol. The number of aliphatic hydroxyl groups is 1. The topological polar surface area (TPSA) is 42.2 Å². The number of aliphatic hydroxyl groups excluding tert-OH is 1. The zero-order valence-corrected chi connectivity index (χ0v) is 11.5. The lowest BCUT2D eigenvalue weighted by molar-refractivity contribution is 0.0548. The van der Waals surface area contributed by atoms with Crippen LogP contribution in [-0.2, 0) is 0 Å². The fourth-order valence-electron chi connectivity index (χ4n) is 3.25. The summed E-state index contributed by atoms with van der Waals surface area (Å²) in [5, 5.41) is 9.91. The van der Waals surface area contributed by atoms with Crippen molar-refractivity contribution in [2.75, 3.05) is 0 Å². The monoisotopic (exact) mass is 249 g/mol. The van der Waals surface area contributed by atoms with Gasteiger partial charge in [-0.1, -0.05) is 19.9 Å².